The molecule has 0 saturated carbocycles. The highest BCUT2D eigenvalue weighted by molar-refractivity contribution is 5.70. The van der Waals surface area contributed by atoms with E-state index in [0.29, 0.717) is 13.0 Å². The van der Waals surface area contributed by atoms with Crippen molar-refractivity contribution in [1.29, 1.82) is 0 Å². The molecule has 0 aliphatic heterocycles. The second-order valence-electron chi connectivity index (χ2n) is 3.90. The van der Waals surface area contributed by atoms with Crippen LogP contribution in [0.15, 0.2) is 24.3 Å². The highest BCUT2D eigenvalue weighted by atomic mass is 16.5. The first-order valence-corrected chi connectivity index (χ1v) is 6.13. The number of carbonyl (C=O) groups is 1. The summed E-state index contributed by atoms with van der Waals surface area (Å²) in [7, 11) is 1.87. The molecule has 1 N–H and O–H groups in total. The van der Waals surface area contributed by atoms with Crippen molar-refractivity contribution in [2.75, 3.05) is 13.7 Å². The summed E-state index contributed by atoms with van der Waals surface area (Å²) in [6.07, 6.45) is 1.35. The average molecular weight is 235 g/mol. The summed E-state index contributed by atoms with van der Waals surface area (Å²) in [6.45, 7) is 4.38. The van der Waals surface area contributed by atoms with Crippen LogP contribution in [-0.4, -0.2) is 19.6 Å². The van der Waals surface area contributed by atoms with Crippen LogP contribution in [0, 0.1) is 0 Å². The van der Waals surface area contributed by atoms with E-state index in [-0.39, 0.29) is 12.0 Å². The minimum absolute atomic E-state index is 0.0326. The van der Waals surface area contributed by atoms with Crippen molar-refractivity contribution in [2.45, 2.75) is 32.7 Å². The molecule has 0 aliphatic rings. The van der Waals surface area contributed by atoms with Crippen molar-refractivity contribution in [3.8, 4) is 0 Å². The van der Waals surface area contributed by atoms with E-state index in [9.17, 15) is 4.79 Å². The predicted molar refractivity (Wildman–Crippen MR) is 68.9 cm³/mol. The lowest BCUT2D eigenvalue weighted by molar-refractivity contribution is -0.143. The van der Waals surface area contributed by atoms with E-state index >= 15 is 0 Å². The Labute approximate surface area is 103 Å². The fraction of sp³-hybridized carbons (Fsp3) is 0.500. The summed E-state index contributed by atoms with van der Waals surface area (Å²) < 4.78 is 4.99. The monoisotopic (exact) mass is 235 g/mol. The van der Waals surface area contributed by atoms with Crippen molar-refractivity contribution in [3.05, 3.63) is 35.4 Å². The number of esters is 1. The van der Waals surface area contributed by atoms with Gasteiger partial charge < -0.3 is 10.1 Å². The highest BCUT2D eigenvalue weighted by Crippen LogP contribution is 2.21. The van der Waals surface area contributed by atoms with Crippen LogP contribution in [0.3, 0.4) is 0 Å². The van der Waals surface area contributed by atoms with Gasteiger partial charge in [-0.25, -0.2) is 0 Å². The molecule has 0 fully saturated rings. The van der Waals surface area contributed by atoms with E-state index in [1.165, 1.54) is 11.1 Å². The van der Waals surface area contributed by atoms with Crippen molar-refractivity contribution in [2.24, 2.45) is 0 Å². The van der Waals surface area contributed by atoms with Gasteiger partial charge in [0.1, 0.15) is 0 Å². The molecule has 0 radical (unpaired) electrons. The van der Waals surface area contributed by atoms with Crippen LogP contribution in [0.2, 0.25) is 0 Å². The van der Waals surface area contributed by atoms with Gasteiger partial charge in [-0.1, -0.05) is 31.2 Å². The number of hydrogen-bond donors (Lipinski definition) is 1. The molecule has 0 spiro atoms. The molecular formula is C14H21NO2. The molecule has 3 nitrogen and oxygen atoms in total. The zero-order valence-corrected chi connectivity index (χ0v) is 10.8. The van der Waals surface area contributed by atoms with Gasteiger partial charge in [-0.15, -0.1) is 0 Å². The molecule has 0 heterocycles. The number of rotatable bonds is 6. The van der Waals surface area contributed by atoms with Crippen LogP contribution >= 0.6 is 0 Å². The fourth-order valence-electron chi connectivity index (χ4n) is 1.95. The van der Waals surface area contributed by atoms with Crippen molar-refractivity contribution in [3.63, 3.8) is 0 Å². The Kier molecular flexibility index (Phi) is 5.70. The largest absolute Gasteiger partial charge is 0.466 e. The third-order valence-corrected chi connectivity index (χ3v) is 2.84. The first kappa shape index (κ1) is 13.7. The summed E-state index contributed by atoms with van der Waals surface area (Å²) in [5.74, 6) is -0.155. The highest BCUT2D eigenvalue weighted by Gasteiger charge is 2.16. The Hall–Kier alpha value is -1.35. The first-order chi connectivity index (χ1) is 8.22. The molecule has 0 aromatic heterocycles. The number of aryl methyl sites for hydroxylation is 1. The Morgan fingerprint density at radius 1 is 1.35 bits per heavy atom. The molecule has 0 amide bonds. The maximum absolute atomic E-state index is 11.5. The van der Waals surface area contributed by atoms with E-state index in [1.807, 2.05) is 26.1 Å². The molecule has 0 aliphatic carbocycles. The molecule has 1 aromatic rings. The first-order valence-electron chi connectivity index (χ1n) is 6.13. The fourth-order valence-corrected chi connectivity index (χ4v) is 1.95. The molecule has 1 aromatic carbocycles. The van der Waals surface area contributed by atoms with Crippen LogP contribution in [0.4, 0.5) is 0 Å². The van der Waals surface area contributed by atoms with Gasteiger partial charge in [0.25, 0.3) is 0 Å². The Morgan fingerprint density at radius 3 is 2.65 bits per heavy atom. The second kappa shape index (κ2) is 7.07. The quantitative estimate of drug-likeness (QED) is 0.770. The molecule has 0 bridgehead atoms. The lowest BCUT2D eigenvalue weighted by atomic mass is 9.96. The minimum atomic E-state index is -0.155. The summed E-state index contributed by atoms with van der Waals surface area (Å²) >= 11 is 0. The molecular weight excluding hydrogens is 214 g/mol. The average Bonchev–Trinajstić information content (AvgIpc) is 2.36. The predicted octanol–water partition coefficient (Wildman–Crippen LogP) is 2.46. The molecule has 3 heteroatoms. The number of benzene rings is 1. The van der Waals surface area contributed by atoms with Crippen LogP contribution in [-0.2, 0) is 16.0 Å². The topological polar surface area (TPSA) is 38.3 Å². The van der Waals surface area contributed by atoms with Gasteiger partial charge >= 0.3 is 5.97 Å². The molecule has 94 valence electrons. The number of hydrogen-bond acceptors (Lipinski definition) is 3. The van der Waals surface area contributed by atoms with E-state index in [1.54, 1.807) is 0 Å². The minimum Gasteiger partial charge on any atom is -0.466 e. The molecule has 17 heavy (non-hydrogen) atoms. The third-order valence-electron chi connectivity index (χ3n) is 2.84. The van der Waals surface area contributed by atoms with Gasteiger partial charge in [-0.05, 0) is 31.5 Å². The summed E-state index contributed by atoms with van der Waals surface area (Å²) in [4.78, 5) is 11.5. The Balaban J connectivity index is 2.82. The van der Waals surface area contributed by atoms with Gasteiger partial charge in [0.05, 0.1) is 13.0 Å². The normalized spacial score (nSPS) is 12.2. The van der Waals surface area contributed by atoms with Gasteiger partial charge in [-0.3, -0.25) is 4.79 Å². The van der Waals surface area contributed by atoms with Gasteiger partial charge in [0.2, 0.25) is 0 Å². The standard InChI is InChI=1S/C14H21NO2/c1-4-11-8-6-7-9-12(11)13(15-3)10-14(16)17-5-2/h6-9,13,15H,4-5,10H2,1-3H3. The van der Waals surface area contributed by atoms with Gasteiger partial charge in [0, 0.05) is 6.04 Å². The summed E-state index contributed by atoms with van der Waals surface area (Å²) in [5.41, 5.74) is 2.46. The zero-order chi connectivity index (χ0) is 12.7. The van der Waals surface area contributed by atoms with Gasteiger partial charge in [0.15, 0.2) is 0 Å². The molecule has 1 unspecified atom stereocenters. The van der Waals surface area contributed by atoms with Crippen LogP contribution < -0.4 is 5.32 Å². The SMILES string of the molecule is CCOC(=O)CC(NC)c1ccccc1CC. The number of carbonyl (C=O) groups excluding carboxylic acids is 1. The Bertz CT molecular complexity index is 363. The van der Waals surface area contributed by atoms with Crippen LogP contribution in [0.25, 0.3) is 0 Å². The third kappa shape index (κ3) is 3.86. The van der Waals surface area contributed by atoms with Crippen molar-refractivity contribution < 1.29 is 9.53 Å². The van der Waals surface area contributed by atoms with Crippen molar-refractivity contribution in [1.82, 2.24) is 5.32 Å². The Morgan fingerprint density at radius 2 is 2.06 bits per heavy atom. The van der Waals surface area contributed by atoms with E-state index in [4.69, 9.17) is 4.74 Å². The second-order valence-corrected chi connectivity index (χ2v) is 3.90. The maximum atomic E-state index is 11.5. The van der Waals surface area contributed by atoms with E-state index in [0.717, 1.165) is 6.42 Å². The maximum Gasteiger partial charge on any atom is 0.307 e. The molecule has 1 rings (SSSR count). The van der Waals surface area contributed by atoms with E-state index < -0.39 is 0 Å². The molecule has 0 saturated heterocycles. The van der Waals surface area contributed by atoms with Gasteiger partial charge in [-0.2, -0.15) is 0 Å². The zero-order valence-electron chi connectivity index (χ0n) is 10.8. The number of ether oxygens (including phenoxy) is 1. The van der Waals surface area contributed by atoms with Crippen molar-refractivity contribution >= 4 is 5.97 Å². The van der Waals surface area contributed by atoms with Crippen LogP contribution in [0.5, 0.6) is 0 Å². The van der Waals surface area contributed by atoms with E-state index in [2.05, 4.69) is 24.4 Å². The van der Waals surface area contributed by atoms with Crippen LogP contribution in [0.1, 0.15) is 37.4 Å². The smallest absolute Gasteiger partial charge is 0.307 e. The lowest BCUT2D eigenvalue weighted by Crippen LogP contribution is -2.22. The summed E-state index contributed by atoms with van der Waals surface area (Å²) in [5, 5.41) is 3.18. The lowest BCUT2D eigenvalue weighted by Gasteiger charge is -2.18. The number of nitrogens with one attached hydrogen (secondary N) is 1. The summed E-state index contributed by atoms with van der Waals surface area (Å²) in [6, 6.07) is 8.23. The molecule has 1 atom stereocenters.